The van der Waals surface area contributed by atoms with Crippen LogP contribution in [0.4, 0.5) is 17.3 Å². The second-order valence-corrected chi connectivity index (χ2v) is 4.79. The van der Waals surface area contributed by atoms with E-state index in [0.29, 0.717) is 18.0 Å². The van der Waals surface area contributed by atoms with E-state index in [1.165, 1.54) is 0 Å². The molecule has 2 rings (SSSR count). The minimum atomic E-state index is -0.574. The van der Waals surface area contributed by atoms with E-state index in [9.17, 15) is 14.9 Å². The van der Waals surface area contributed by atoms with Gasteiger partial charge in [-0.25, -0.2) is 9.97 Å². The lowest BCUT2D eigenvalue weighted by Gasteiger charge is -2.19. The van der Waals surface area contributed by atoms with Gasteiger partial charge in [0, 0.05) is 18.3 Å². The Labute approximate surface area is 138 Å². The molecule has 1 aromatic heterocycles. The Hall–Kier alpha value is -3.23. The first-order valence-corrected chi connectivity index (χ1v) is 7.18. The van der Waals surface area contributed by atoms with Gasteiger partial charge in [-0.1, -0.05) is 6.07 Å². The van der Waals surface area contributed by atoms with Crippen LogP contribution < -0.4 is 15.0 Å². The standard InChI is InChI=1S/C15H17N5O4/c1-3-19(15-16-8-12(9-17-15)20(22)23)10-14(21)18-11-5-4-6-13(7-11)24-2/h4-9H,3,10H2,1-2H3,(H,18,21). The fourth-order valence-corrected chi connectivity index (χ4v) is 1.97. The zero-order chi connectivity index (χ0) is 17.5. The molecule has 0 unspecified atom stereocenters. The van der Waals surface area contributed by atoms with Crippen molar-refractivity contribution in [1.29, 1.82) is 0 Å². The number of rotatable bonds is 7. The number of nitro groups is 1. The Bertz CT molecular complexity index is 720. The third-order valence-electron chi connectivity index (χ3n) is 3.19. The summed E-state index contributed by atoms with van der Waals surface area (Å²) in [6.45, 7) is 2.33. The molecule has 9 nitrogen and oxygen atoms in total. The summed E-state index contributed by atoms with van der Waals surface area (Å²) in [6.07, 6.45) is 2.23. The fourth-order valence-electron chi connectivity index (χ4n) is 1.97. The van der Waals surface area contributed by atoms with Crippen LogP contribution >= 0.6 is 0 Å². The molecule has 2 aromatic rings. The lowest BCUT2D eigenvalue weighted by atomic mass is 10.3. The smallest absolute Gasteiger partial charge is 0.305 e. The maximum absolute atomic E-state index is 12.2. The van der Waals surface area contributed by atoms with Gasteiger partial charge in [-0.2, -0.15) is 0 Å². The van der Waals surface area contributed by atoms with Gasteiger partial charge >= 0.3 is 5.69 Å². The molecule has 1 N–H and O–H groups in total. The molecule has 0 spiro atoms. The van der Waals surface area contributed by atoms with E-state index >= 15 is 0 Å². The molecule has 1 aromatic carbocycles. The second-order valence-electron chi connectivity index (χ2n) is 4.79. The number of benzene rings is 1. The summed E-state index contributed by atoms with van der Waals surface area (Å²) in [5.74, 6) is 0.634. The van der Waals surface area contributed by atoms with Crippen molar-refractivity contribution >= 4 is 23.2 Å². The summed E-state index contributed by atoms with van der Waals surface area (Å²) >= 11 is 0. The van der Waals surface area contributed by atoms with Gasteiger partial charge in [0.25, 0.3) is 0 Å². The summed E-state index contributed by atoms with van der Waals surface area (Å²) in [6, 6.07) is 7.00. The summed E-state index contributed by atoms with van der Waals surface area (Å²) in [5, 5.41) is 13.4. The highest BCUT2D eigenvalue weighted by atomic mass is 16.6. The molecular formula is C15H17N5O4. The molecule has 0 radical (unpaired) electrons. The molecule has 1 amide bonds. The number of nitrogens with zero attached hydrogens (tertiary/aromatic N) is 4. The van der Waals surface area contributed by atoms with Crippen LogP contribution in [-0.2, 0) is 4.79 Å². The number of carbonyl (C=O) groups is 1. The largest absolute Gasteiger partial charge is 0.497 e. The summed E-state index contributed by atoms with van der Waals surface area (Å²) in [4.78, 5) is 31.7. The van der Waals surface area contributed by atoms with Crippen LogP contribution in [0.1, 0.15) is 6.92 Å². The number of anilines is 2. The normalized spacial score (nSPS) is 10.1. The number of hydrogen-bond donors (Lipinski definition) is 1. The van der Waals surface area contributed by atoms with Crippen LogP contribution in [0.2, 0.25) is 0 Å². The molecule has 126 valence electrons. The van der Waals surface area contributed by atoms with Crippen molar-refractivity contribution in [3.8, 4) is 5.75 Å². The van der Waals surface area contributed by atoms with Crippen molar-refractivity contribution in [2.45, 2.75) is 6.92 Å². The highest BCUT2D eigenvalue weighted by Gasteiger charge is 2.15. The molecule has 0 aliphatic carbocycles. The van der Waals surface area contributed by atoms with Gasteiger partial charge in [0.1, 0.15) is 24.7 Å². The molecule has 0 saturated heterocycles. The van der Waals surface area contributed by atoms with Gasteiger partial charge in [0.2, 0.25) is 11.9 Å². The number of carbonyl (C=O) groups excluding carboxylic acids is 1. The maximum Gasteiger partial charge on any atom is 0.305 e. The molecular weight excluding hydrogens is 314 g/mol. The van der Waals surface area contributed by atoms with Gasteiger partial charge < -0.3 is 15.0 Å². The van der Waals surface area contributed by atoms with Crippen LogP contribution in [0.5, 0.6) is 5.75 Å². The zero-order valence-electron chi connectivity index (χ0n) is 13.3. The predicted octanol–water partition coefficient (Wildman–Crippen LogP) is 1.86. The van der Waals surface area contributed by atoms with Gasteiger partial charge in [0.15, 0.2) is 0 Å². The molecule has 0 atom stereocenters. The summed E-state index contributed by atoms with van der Waals surface area (Å²) in [5.41, 5.74) is 0.413. The first kappa shape index (κ1) is 17.1. The number of methoxy groups -OCH3 is 1. The third-order valence-corrected chi connectivity index (χ3v) is 3.19. The Balaban J connectivity index is 2.03. The van der Waals surface area contributed by atoms with Crippen LogP contribution in [0, 0.1) is 10.1 Å². The first-order valence-electron chi connectivity index (χ1n) is 7.18. The summed E-state index contributed by atoms with van der Waals surface area (Å²) < 4.78 is 5.10. The van der Waals surface area contributed by atoms with Crippen molar-refractivity contribution < 1.29 is 14.5 Å². The Morgan fingerprint density at radius 3 is 2.67 bits per heavy atom. The number of nitrogens with one attached hydrogen (secondary N) is 1. The van der Waals surface area contributed by atoms with Crippen molar-refractivity contribution in [2.24, 2.45) is 0 Å². The van der Waals surface area contributed by atoms with E-state index in [-0.39, 0.29) is 24.1 Å². The van der Waals surface area contributed by atoms with E-state index in [4.69, 9.17) is 4.74 Å². The van der Waals surface area contributed by atoms with E-state index in [2.05, 4.69) is 15.3 Å². The van der Waals surface area contributed by atoms with Crippen LogP contribution in [0.15, 0.2) is 36.7 Å². The minimum Gasteiger partial charge on any atom is -0.497 e. The van der Waals surface area contributed by atoms with E-state index in [0.717, 1.165) is 12.4 Å². The maximum atomic E-state index is 12.2. The Morgan fingerprint density at radius 1 is 1.38 bits per heavy atom. The lowest BCUT2D eigenvalue weighted by Crippen LogP contribution is -2.34. The van der Waals surface area contributed by atoms with Crippen molar-refractivity contribution in [3.63, 3.8) is 0 Å². The van der Waals surface area contributed by atoms with Crippen molar-refractivity contribution in [1.82, 2.24) is 9.97 Å². The van der Waals surface area contributed by atoms with Crippen molar-refractivity contribution in [2.75, 3.05) is 30.4 Å². The topological polar surface area (TPSA) is 110 Å². The molecule has 0 saturated carbocycles. The molecule has 0 fully saturated rings. The molecule has 0 aliphatic rings. The predicted molar refractivity (Wildman–Crippen MR) is 88.2 cm³/mol. The fraction of sp³-hybridized carbons (Fsp3) is 0.267. The first-order chi connectivity index (χ1) is 11.5. The molecule has 24 heavy (non-hydrogen) atoms. The van der Waals surface area contributed by atoms with Gasteiger partial charge in [-0.3, -0.25) is 14.9 Å². The Kier molecular flexibility index (Phi) is 5.61. The average Bonchev–Trinajstić information content (AvgIpc) is 2.60. The van der Waals surface area contributed by atoms with E-state index in [1.54, 1.807) is 36.3 Å². The molecule has 9 heteroatoms. The number of likely N-dealkylation sites (N-methyl/N-ethyl adjacent to an activating group) is 1. The zero-order valence-corrected chi connectivity index (χ0v) is 13.3. The molecule has 0 bridgehead atoms. The minimum absolute atomic E-state index is 0.0194. The highest BCUT2D eigenvalue weighted by molar-refractivity contribution is 5.94. The van der Waals surface area contributed by atoms with Crippen molar-refractivity contribution in [3.05, 3.63) is 46.8 Å². The van der Waals surface area contributed by atoms with Crippen LogP contribution in [0.25, 0.3) is 0 Å². The van der Waals surface area contributed by atoms with Gasteiger partial charge in [-0.15, -0.1) is 0 Å². The van der Waals surface area contributed by atoms with Gasteiger partial charge in [0.05, 0.1) is 12.0 Å². The van der Waals surface area contributed by atoms with Crippen LogP contribution in [-0.4, -0.2) is 41.0 Å². The number of aromatic nitrogens is 2. The molecule has 0 aliphatic heterocycles. The number of ether oxygens (including phenoxy) is 1. The monoisotopic (exact) mass is 331 g/mol. The third kappa shape index (κ3) is 4.38. The van der Waals surface area contributed by atoms with E-state index in [1.807, 2.05) is 6.92 Å². The quantitative estimate of drug-likeness (QED) is 0.609. The summed E-state index contributed by atoms with van der Waals surface area (Å²) in [7, 11) is 1.55. The van der Waals surface area contributed by atoms with E-state index < -0.39 is 4.92 Å². The number of hydrogen-bond acceptors (Lipinski definition) is 7. The lowest BCUT2D eigenvalue weighted by molar-refractivity contribution is -0.385. The second kappa shape index (κ2) is 7.86. The Morgan fingerprint density at radius 2 is 2.08 bits per heavy atom. The molecule has 1 heterocycles. The highest BCUT2D eigenvalue weighted by Crippen LogP contribution is 2.17. The number of amides is 1. The van der Waals surface area contributed by atoms with Crippen LogP contribution in [0.3, 0.4) is 0 Å². The van der Waals surface area contributed by atoms with Gasteiger partial charge in [-0.05, 0) is 19.1 Å². The average molecular weight is 331 g/mol. The SMILES string of the molecule is CCN(CC(=O)Nc1cccc(OC)c1)c1ncc([N+](=O)[O-])cn1.